The van der Waals surface area contributed by atoms with Gasteiger partial charge in [-0.2, -0.15) is 0 Å². The van der Waals surface area contributed by atoms with Crippen molar-refractivity contribution < 1.29 is 18.7 Å². The first-order valence-corrected chi connectivity index (χ1v) is 7.15. The molecule has 0 saturated heterocycles. The van der Waals surface area contributed by atoms with E-state index in [2.05, 4.69) is 4.98 Å². The molecule has 0 radical (unpaired) electrons. The number of aldehydes is 1. The summed E-state index contributed by atoms with van der Waals surface area (Å²) in [4.78, 5) is 27.9. The molecule has 2 N–H and O–H groups in total. The molecule has 0 saturated carbocycles. The highest BCUT2D eigenvalue weighted by atomic mass is 19.1. The summed E-state index contributed by atoms with van der Waals surface area (Å²) < 4.78 is 18.0. The molecule has 0 bridgehead atoms. The number of hydrogen-bond donors (Lipinski definition) is 1. The van der Waals surface area contributed by atoms with E-state index in [1.165, 1.54) is 31.4 Å². The molecule has 1 aromatic carbocycles. The second-order valence-electron chi connectivity index (χ2n) is 4.97. The van der Waals surface area contributed by atoms with Crippen molar-refractivity contribution in [3.8, 4) is 11.1 Å². The number of nitrogens with two attached hydrogens (primary N) is 1. The minimum Gasteiger partial charge on any atom is -0.465 e. The van der Waals surface area contributed by atoms with Crippen LogP contribution in [-0.4, -0.2) is 24.3 Å². The van der Waals surface area contributed by atoms with E-state index in [1.54, 1.807) is 0 Å². The van der Waals surface area contributed by atoms with Crippen LogP contribution < -0.4 is 5.73 Å². The lowest BCUT2D eigenvalue weighted by Gasteiger charge is -2.16. The summed E-state index contributed by atoms with van der Waals surface area (Å²) >= 11 is 0. The van der Waals surface area contributed by atoms with Gasteiger partial charge in [-0.3, -0.25) is 4.79 Å². The van der Waals surface area contributed by atoms with Gasteiger partial charge in [0, 0.05) is 5.56 Å². The van der Waals surface area contributed by atoms with Crippen LogP contribution in [-0.2, 0) is 11.2 Å². The number of carbonyl (C=O) groups is 2. The average Bonchev–Trinajstić information content (AvgIpc) is 2.54. The van der Waals surface area contributed by atoms with Gasteiger partial charge in [0.15, 0.2) is 6.29 Å². The van der Waals surface area contributed by atoms with E-state index in [4.69, 9.17) is 10.5 Å². The largest absolute Gasteiger partial charge is 0.465 e. The van der Waals surface area contributed by atoms with Crippen LogP contribution in [0.5, 0.6) is 0 Å². The maximum Gasteiger partial charge on any atom is 0.340 e. The minimum atomic E-state index is -0.608. The molecule has 0 unspecified atom stereocenters. The molecule has 0 fully saturated rings. The predicted octanol–water partition coefficient (Wildman–Crippen LogP) is 3.02. The summed E-state index contributed by atoms with van der Waals surface area (Å²) in [5.41, 5.74) is 7.44. The van der Waals surface area contributed by atoms with Crippen molar-refractivity contribution in [3.05, 3.63) is 46.9 Å². The Bertz CT molecular complexity index is 742. The highest BCUT2D eigenvalue weighted by Crippen LogP contribution is 2.32. The van der Waals surface area contributed by atoms with Crippen molar-refractivity contribution in [2.75, 3.05) is 12.8 Å². The maximum atomic E-state index is 13.2. The molecule has 1 aromatic heterocycles. The fourth-order valence-corrected chi connectivity index (χ4v) is 2.44. The first-order chi connectivity index (χ1) is 11.0. The molecular formula is C17H17FN2O3. The van der Waals surface area contributed by atoms with Crippen LogP contribution in [0.15, 0.2) is 24.3 Å². The number of aryl methyl sites for hydroxylation is 1. The van der Waals surface area contributed by atoms with Gasteiger partial charge in [-0.1, -0.05) is 25.5 Å². The van der Waals surface area contributed by atoms with Gasteiger partial charge in [0.05, 0.1) is 23.9 Å². The summed E-state index contributed by atoms with van der Waals surface area (Å²) in [7, 11) is 1.25. The first kappa shape index (κ1) is 16.6. The molecule has 0 amide bonds. The van der Waals surface area contributed by atoms with Crippen molar-refractivity contribution in [3.63, 3.8) is 0 Å². The highest BCUT2D eigenvalue weighted by Gasteiger charge is 2.24. The van der Waals surface area contributed by atoms with Crippen molar-refractivity contribution in [1.82, 2.24) is 4.98 Å². The number of rotatable bonds is 5. The lowest BCUT2D eigenvalue weighted by molar-refractivity contribution is 0.0600. The Labute approximate surface area is 133 Å². The SMILES string of the molecule is CCCc1nc(N)c(C=O)c(-c2ccc(F)cc2)c1C(=O)OC. The van der Waals surface area contributed by atoms with Crippen molar-refractivity contribution >= 4 is 18.1 Å². The molecule has 0 aliphatic carbocycles. The molecule has 0 atom stereocenters. The van der Waals surface area contributed by atoms with E-state index in [9.17, 15) is 14.0 Å². The van der Waals surface area contributed by atoms with Gasteiger partial charge in [-0.15, -0.1) is 0 Å². The summed E-state index contributed by atoms with van der Waals surface area (Å²) in [6.07, 6.45) is 1.78. The van der Waals surface area contributed by atoms with E-state index in [-0.39, 0.29) is 16.9 Å². The number of esters is 1. The number of nitrogen functional groups attached to an aromatic ring is 1. The summed E-state index contributed by atoms with van der Waals surface area (Å²) in [6, 6.07) is 5.47. The Kier molecular flexibility index (Phi) is 5.05. The molecule has 0 aliphatic heterocycles. The monoisotopic (exact) mass is 316 g/mol. The normalized spacial score (nSPS) is 10.4. The van der Waals surface area contributed by atoms with Gasteiger partial charge in [0.2, 0.25) is 0 Å². The van der Waals surface area contributed by atoms with Gasteiger partial charge >= 0.3 is 5.97 Å². The summed E-state index contributed by atoms with van der Waals surface area (Å²) in [5, 5.41) is 0. The Hall–Kier alpha value is -2.76. The zero-order chi connectivity index (χ0) is 17.0. The van der Waals surface area contributed by atoms with Crippen LogP contribution in [0, 0.1) is 5.82 Å². The third-order valence-electron chi connectivity index (χ3n) is 3.47. The number of anilines is 1. The van der Waals surface area contributed by atoms with Gasteiger partial charge in [-0.25, -0.2) is 14.2 Å². The molecular weight excluding hydrogens is 299 g/mol. The third-order valence-corrected chi connectivity index (χ3v) is 3.47. The van der Waals surface area contributed by atoms with Crippen LogP contribution in [0.25, 0.3) is 11.1 Å². The molecule has 6 heteroatoms. The number of methoxy groups -OCH3 is 1. The van der Waals surface area contributed by atoms with Gasteiger partial charge < -0.3 is 10.5 Å². The number of nitrogens with zero attached hydrogens (tertiary/aromatic N) is 1. The lowest BCUT2D eigenvalue weighted by Crippen LogP contribution is -2.14. The molecule has 23 heavy (non-hydrogen) atoms. The maximum absolute atomic E-state index is 13.2. The lowest BCUT2D eigenvalue weighted by atomic mass is 9.93. The number of benzene rings is 1. The fourth-order valence-electron chi connectivity index (χ4n) is 2.44. The van der Waals surface area contributed by atoms with Crippen LogP contribution >= 0.6 is 0 Å². The highest BCUT2D eigenvalue weighted by molar-refractivity contribution is 6.05. The van der Waals surface area contributed by atoms with Crippen LogP contribution in [0.1, 0.15) is 39.8 Å². The molecule has 2 aromatic rings. The van der Waals surface area contributed by atoms with E-state index >= 15 is 0 Å². The first-order valence-electron chi connectivity index (χ1n) is 7.15. The number of pyridine rings is 1. The summed E-state index contributed by atoms with van der Waals surface area (Å²) in [5.74, 6) is -0.990. The average molecular weight is 316 g/mol. The Morgan fingerprint density at radius 1 is 1.35 bits per heavy atom. The van der Waals surface area contributed by atoms with Crippen molar-refractivity contribution in [1.29, 1.82) is 0 Å². The summed E-state index contributed by atoms with van der Waals surface area (Å²) in [6.45, 7) is 1.93. The molecule has 0 aliphatic rings. The van der Waals surface area contributed by atoms with Crippen LogP contribution in [0.2, 0.25) is 0 Å². The van der Waals surface area contributed by atoms with Gasteiger partial charge in [-0.05, 0) is 24.1 Å². The van der Waals surface area contributed by atoms with E-state index in [1.807, 2.05) is 6.92 Å². The topological polar surface area (TPSA) is 82.3 Å². The smallest absolute Gasteiger partial charge is 0.340 e. The van der Waals surface area contributed by atoms with Crippen molar-refractivity contribution in [2.45, 2.75) is 19.8 Å². The molecule has 2 rings (SSSR count). The van der Waals surface area contributed by atoms with Gasteiger partial charge in [0.25, 0.3) is 0 Å². The van der Waals surface area contributed by atoms with Crippen molar-refractivity contribution in [2.24, 2.45) is 0 Å². The zero-order valence-corrected chi connectivity index (χ0v) is 12.9. The zero-order valence-electron chi connectivity index (χ0n) is 12.9. The molecule has 5 nitrogen and oxygen atoms in total. The fraction of sp³-hybridized carbons (Fsp3) is 0.235. The minimum absolute atomic E-state index is 0.0374. The van der Waals surface area contributed by atoms with Crippen LogP contribution in [0.3, 0.4) is 0 Å². The standard InChI is InChI=1S/C17H17FN2O3/c1-3-4-13-15(17(22)23-2)14(12(9-21)16(19)20-13)10-5-7-11(18)8-6-10/h5-9H,3-4H2,1-2H3,(H2,19,20). The van der Waals surface area contributed by atoms with Gasteiger partial charge in [0.1, 0.15) is 11.6 Å². The quantitative estimate of drug-likeness (QED) is 0.677. The molecule has 120 valence electrons. The Morgan fingerprint density at radius 3 is 2.52 bits per heavy atom. The number of halogens is 1. The van der Waals surface area contributed by atoms with Crippen LogP contribution in [0.4, 0.5) is 10.2 Å². The number of hydrogen-bond acceptors (Lipinski definition) is 5. The second kappa shape index (κ2) is 7.00. The number of aromatic nitrogens is 1. The molecule has 0 spiro atoms. The molecule has 1 heterocycles. The predicted molar refractivity (Wildman–Crippen MR) is 84.8 cm³/mol. The van der Waals surface area contributed by atoms with E-state index in [0.717, 1.165) is 6.42 Å². The second-order valence-corrected chi connectivity index (χ2v) is 4.97. The Morgan fingerprint density at radius 2 is 2.00 bits per heavy atom. The van der Waals surface area contributed by atoms with E-state index < -0.39 is 11.8 Å². The van der Waals surface area contributed by atoms with E-state index in [0.29, 0.717) is 29.5 Å². The number of carbonyl (C=O) groups excluding carboxylic acids is 2. The number of ether oxygens (including phenoxy) is 1. The third kappa shape index (κ3) is 3.21. The Balaban J connectivity index is 2.85.